The van der Waals surface area contributed by atoms with Crippen molar-refractivity contribution in [2.45, 2.75) is 78.1 Å². The number of alkyl carbamates (subject to hydrolysis) is 1. The van der Waals surface area contributed by atoms with Crippen LogP contribution < -0.4 is 32.7 Å². The number of nitrogens with zero attached hydrogens (tertiary/aromatic N) is 1. The lowest BCUT2D eigenvalue weighted by Crippen LogP contribution is -2.57. The number of aliphatic imine (C=N–C) groups is 1. The van der Waals surface area contributed by atoms with Crippen molar-refractivity contribution in [1.82, 2.24) is 21.3 Å². The van der Waals surface area contributed by atoms with Gasteiger partial charge in [-0.25, -0.2) is 4.79 Å². The van der Waals surface area contributed by atoms with Crippen LogP contribution in [0.1, 0.15) is 58.1 Å². The molecule has 0 radical (unpaired) electrons. The summed E-state index contributed by atoms with van der Waals surface area (Å²) >= 11 is 0. The van der Waals surface area contributed by atoms with E-state index in [1.807, 2.05) is 88.4 Å². The zero-order valence-electron chi connectivity index (χ0n) is 26.8. The van der Waals surface area contributed by atoms with Gasteiger partial charge in [0.2, 0.25) is 17.7 Å². The highest BCUT2D eigenvalue weighted by molar-refractivity contribution is 5.91. The van der Waals surface area contributed by atoms with Crippen LogP contribution in [0, 0.1) is 11.8 Å². The molecule has 0 aromatic heterocycles. The maximum Gasteiger partial charge on any atom is 0.408 e. The number of hydrogen-bond acceptors (Lipinski definition) is 6. The zero-order valence-corrected chi connectivity index (χ0v) is 26.8. The summed E-state index contributed by atoms with van der Waals surface area (Å²) in [7, 11) is 0. The van der Waals surface area contributed by atoms with Crippen molar-refractivity contribution in [3.05, 3.63) is 71.8 Å². The van der Waals surface area contributed by atoms with Crippen LogP contribution in [0.3, 0.4) is 0 Å². The van der Waals surface area contributed by atoms with E-state index >= 15 is 0 Å². The number of guanidine groups is 1. The number of carbonyl (C=O) groups excluding carboxylic acids is 4. The molecule has 0 heterocycles. The Bertz CT molecular complexity index is 1230. The average Bonchev–Trinajstić information content (AvgIpc) is 2.99. The van der Waals surface area contributed by atoms with E-state index in [1.54, 1.807) is 0 Å². The van der Waals surface area contributed by atoms with Crippen LogP contribution in [0.15, 0.2) is 65.7 Å². The van der Waals surface area contributed by atoms with Gasteiger partial charge in [-0.3, -0.25) is 19.4 Å². The topological polar surface area (TPSA) is 190 Å². The van der Waals surface area contributed by atoms with Gasteiger partial charge < -0.3 is 37.5 Å². The van der Waals surface area contributed by atoms with Gasteiger partial charge in [-0.05, 0) is 42.2 Å². The van der Waals surface area contributed by atoms with E-state index in [0.717, 1.165) is 11.1 Å². The molecule has 0 saturated carbocycles. The lowest BCUT2D eigenvalue weighted by molar-refractivity contribution is -0.131. The minimum absolute atomic E-state index is 0.00529. The molecule has 246 valence electrons. The van der Waals surface area contributed by atoms with Crippen LogP contribution in [0.25, 0.3) is 0 Å². The normalized spacial score (nSPS) is 12.8. The van der Waals surface area contributed by atoms with Crippen molar-refractivity contribution >= 4 is 29.8 Å². The highest BCUT2D eigenvalue weighted by atomic mass is 16.5. The predicted molar refractivity (Wildman–Crippen MR) is 175 cm³/mol. The molecule has 0 fully saturated rings. The van der Waals surface area contributed by atoms with Gasteiger partial charge in [-0.2, -0.15) is 0 Å². The molecule has 3 atom stereocenters. The third-order valence-corrected chi connectivity index (χ3v) is 6.97. The Kier molecular flexibility index (Phi) is 16.0. The Balaban J connectivity index is 2.06. The summed E-state index contributed by atoms with van der Waals surface area (Å²) in [5.41, 5.74) is 12.5. The molecule has 4 amide bonds. The fourth-order valence-corrected chi connectivity index (χ4v) is 4.46. The molecule has 12 heteroatoms. The average molecular weight is 624 g/mol. The van der Waals surface area contributed by atoms with Gasteiger partial charge in [0.15, 0.2) is 5.96 Å². The first-order chi connectivity index (χ1) is 21.4. The van der Waals surface area contributed by atoms with Crippen molar-refractivity contribution in [2.24, 2.45) is 28.3 Å². The number of benzene rings is 2. The van der Waals surface area contributed by atoms with E-state index in [0.29, 0.717) is 12.8 Å². The van der Waals surface area contributed by atoms with Gasteiger partial charge in [0.05, 0.1) is 6.42 Å². The smallest absolute Gasteiger partial charge is 0.408 e. The number of nitrogens with one attached hydrogen (secondary N) is 4. The molecular formula is C33H49N7O5. The van der Waals surface area contributed by atoms with Gasteiger partial charge in [0.25, 0.3) is 0 Å². The summed E-state index contributed by atoms with van der Waals surface area (Å²) in [6, 6.07) is 16.3. The molecule has 2 aromatic rings. The van der Waals surface area contributed by atoms with Crippen molar-refractivity contribution < 1.29 is 23.9 Å². The number of nitrogens with two attached hydrogens (primary N) is 2. The quantitative estimate of drug-likeness (QED) is 0.0834. The van der Waals surface area contributed by atoms with Crippen LogP contribution >= 0.6 is 0 Å². The van der Waals surface area contributed by atoms with E-state index in [1.165, 1.54) is 0 Å². The van der Waals surface area contributed by atoms with E-state index < -0.39 is 24.1 Å². The molecule has 0 aliphatic rings. The molecule has 0 bridgehead atoms. The van der Waals surface area contributed by atoms with Crippen LogP contribution in [0.2, 0.25) is 0 Å². The lowest BCUT2D eigenvalue weighted by atomic mass is 9.99. The van der Waals surface area contributed by atoms with Gasteiger partial charge in [-0.15, -0.1) is 0 Å². The van der Waals surface area contributed by atoms with Gasteiger partial charge in [0, 0.05) is 19.1 Å². The van der Waals surface area contributed by atoms with Crippen LogP contribution in [0.4, 0.5) is 4.79 Å². The third kappa shape index (κ3) is 15.1. The van der Waals surface area contributed by atoms with E-state index in [4.69, 9.17) is 16.2 Å². The summed E-state index contributed by atoms with van der Waals surface area (Å²) in [6.07, 6.45) is 0.436. The molecule has 0 saturated heterocycles. The van der Waals surface area contributed by atoms with Crippen molar-refractivity contribution in [2.75, 3.05) is 13.1 Å². The second kappa shape index (κ2) is 19.6. The Morgan fingerprint density at radius 2 is 1.40 bits per heavy atom. The summed E-state index contributed by atoms with van der Waals surface area (Å²) in [4.78, 5) is 56.1. The first-order valence-corrected chi connectivity index (χ1v) is 15.4. The molecule has 0 unspecified atom stereocenters. The lowest BCUT2D eigenvalue weighted by Gasteiger charge is -2.28. The highest BCUT2D eigenvalue weighted by Crippen LogP contribution is 2.10. The molecule has 12 nitrogen and oxygen atoms in total. The van der Waals surface area contributed by atoms with Gasteiger partial charge >= 0.3 is 6.09 Å². The number of carbonyl (C=O) groups is 4. The third-order valence-electron chi connectivity index (χ3n) is 6.97. The molecule has 2 aromatic carbocycles. The number of hydrogen-bond donors (Lipinski definition) is 6. The summed E-state index contributed by atoms with van der Waals surface area (Å²) < 4.78 is 5.32. The molecule has 0 aliphatic heterocycles. The first-order valence-electron chi connectivity index (χ1n) is 15.4. The van der Waals surface area contributed by atoms with Gasteiger partial charge in [0.1, 0.15) is 18.7 Å². The Morgan fingerprint density at radius 3 is 1.98 bits per heavy atom. The second-order valence-corrected chi connectivity index (χ2v) is 11.7. The molecule has 2 rings (SSSR count). The van der Waals surface area contributed by atoms with Crippen LogP contribution in [-0.2, 0) is 32.1 Å². The Morgan fingerprint density at radius 1 is 0.800 bits per heavy atom. The number of ether oxygens (including phenoxy) is 1. The van der Waals surface area contributed by atoms with Crippen molar-refractivity contribution in [1.29, 1.82) is 0 Å². The summed E-state index contributed by atoms with van der Waals surface area (Å²) in [5.74, 6) is -1.05. The number of rotatable bonds is 18. The largest absolute Gasteiger partial charge is 0.445 e. The fraction of sp³-hybridized carbons (Fsp3) is 0.485. The minimum Gasteiger partial charge on any atom is -0.445 e. The van der Waals surface area contributed by atoms with Crippen LogP contribution in [0.5, 0.6) is 0 Å². The van der Waals surface area contributed by atoms with Gasteiger partial charge in [-0.1, -0.05) is 88.4 Å². The fourth-order valence-electron chi connectivity index (χ4n) is 4.46. The molecule has 0 aliphatic carbocycles. The van der Waals surface area contributed by atoms with E-state index in [-0.39, 0.29) is 68.2 Å². The molecule has 0 spiro atoms. The molecule has 8 N–H and O–H groups in total. The zero-order chi connectivity index (χ0) is 33.2. The second-order valence-electron chi connectivity index (χ2n) is 11.7. The number of amides is 4. The maximum absolute atomic E-state index is 13.5. The summed E-state index contributed by atoms with van der Waals surface area (Å²) in [5, 5.41) is 11.4. The molecule has 45 heavy (non-hydrogen) atoms. The van der Waals surface area contributed by atoms with E-state index in [2.05, 4.69) is 26.3 Å². The minimum atomic E-state index is -0.997. The molecular weight excluding hydrogens is 574 g/mol. The Labute approximate surface area is 266 Å². The van der Waals surface area contributed by atoms with E-state index in [9.17, 15) is 19.2 Å². The first kappa shape index (κ1) is 36.6. The standard InChI is InChI=1S/C33H49N7O5/c1-22(2)18-27(31(43)39-28(23(3)4)20-37-29(41)19-24-12-7-5-8-13-24)38-30(42)26(16-11-17-36-32(34)35)40-33(44)45-21-25-14-9-6-10-15-25/h5-10,12-15,22-23,26-28H,11,16-21H2,1-4H3,(H,37,41)(H,38,42)(H,39,43)(H,40,44)(H4,34,35,36)/t26-,27-,28+/m0/s1. The van der Waals surface area contributed by atoms with Crippen LogP contribution in [-0.4, -0.2) is 61.0 Å². The SMILES string of the molecule is CC(C)C[C@H](NC(=O)[C@H](CCCN=C(N)N)NC(=O)OCc1ccccc1)C(=O)N[C@H](CNC(=O)Cc1ccccc1)C(C)C. The maximum atomic E-state index is 13.5. The van der Waals surface area contributed by atoms with Crippen molar-refractivity contribution in [3.8, 4) is 0 Å². The predicted octanol–water partition coefficient (Wildman–Crippen LogP) is 2.37. The Hall–Kier alpha value is -4.61. The highest BCUT2D eigenvalue weighted by Gasteiger charge is 2.29. The van der Waals surface area contributed by atoms with Crippen molar-refractivity contribution in [3.63, 3.8) is 0 Å². The summed E-state index contributed by atoms with van der Waals surface area (Å²) in [6.45, 7) is 8.31. The monoisotopic (exact) mass is 623 g/mol.